The predicted molar refractivity (Wildman–Crippen MR) is 105 cm³/mol. The van der Waals surface area contributed by atoms with Gasteiger partial charge in [-0.1, -0.05) is 71.8 Å². The summed E-state index contributed by atoms with van der Waals surface area (Å²) in [4.78, 5) is 0. The fraction of sp³-hybridized carbons (Fsp3) is 0.391. The van der Waals surface area contributed by atoms with Gasteiger partial charge in [-0.25, -0.2) is 0 Å². The van der Waals surface area contributed by atoms with E-state index in [2.05, 4.69) is 61.5 Å². The third kappa shape index (κ3) is 4.74. The van der Waals surface area contributed by atoms with Crippen LogP contribution in [0.3, 0.4) is 0 Å². The van der Waals surface area contributed by atoms with Gasteiger partial charge in [0.2, 0.25) is 0 Å². The summed E-state index contributed by atoms with van der Waals surface area (Å²) >= 11 is 5.70. The molecule has 0 aromatic heterocycles. The molecule has 1 aliphatic rings. The molecule has 1 heteroatoms. The molecule has 0 bridgehead atoms. The third-order valence-corrected chi connectivity index (χ3v) is 5.56. The number of benzene rings is 2. The number of hydrogen-bond donors (Lipinski definition) is 0. The predicted octanol–water partition coefficient (Wildman–Crippen LogP) is 7.15. The van der Waals surface area contributed by atoms with Gasteiger partial charge in [0.15, 0.2) is 0 Å². The van der Waals surface area contributed by atoms with Crippen LogP contribution in [0.1, 0.15) is 43.2 Å². The van der Waals surface area contributed by atoms with Crippen LogP contribution in [0, 0.1) is 18.8 Å². The zero-order valence-corrected chi connectivity index (χ0v) is 15.3. The summed E-state index contributed by atoms with van der Waals surface area (Å²) in [7, 11) is 0. The van der Waals surface area contributed by atoms with E-state index in [1.165, 1.54) is 60.8 Å². The van der Waals surface area contributed by atoms with Crippen molar-refractivity contribution >= 4 is 11.6 Å². The van der Waals surface area contributed by atoms with Crippen LogP contribution in [-0.2, 0) is 6.42 Å². The number of allylic oxidation sites excluding steroid dienone is 1. The minimum Gasteiger partial charge on any atom is -0.0933 e. The summed E-state index contributed by atoms with van der Waals surface area (Å²) in [6, 6.07) is 17.9. The Labute approximate surface area is 151 Å². The van der Waals surface area contributed by atoms with Crippen LogP contribution < -0.4 is 0 Å². The van der Waals surface area contributed by atoms with E-state index < -0.39 is 0 Å². The zero-order chi connectivity index (χ0) is 16.8. The van der Waals surface area contributed by atoms with Gasteiger partial charge in [-0.05, 0) is 74.0 Å². The summed E-state index contributed by atoms with van der Waals surface area (Å²) in [5.41, 5.74) is 7.09. The first kappa shape index (κ1) is 17.3. The van der Waals surface area contributed by atoms with Gasteiger partial charge in [-0.3, -0.25) is 0 Å². The van der Waals surface area contributed by atoms with E-state index in [0.717, 1.165) is 5.92 Å². The Hall–Kier alpha value is -1.53. The summed E-state index contributed by atoms with van der Waals surface area (Å²) < 4.78 is 0. The normalized spacial score (nSPS) is 21.2. The highest BCUT2D eigenvalue weighted by atomic mass is 35.5. The Kier molecular flexibility index (Phi) is 6.15. The third-order valence-electron chi connectivity index (χ3n) is 5.42. The van der Waals surface area contributed by atoms with Gasteiger partial charge >= 0.3 is 0 Å². The number of halogens is 1. The van der Waals surface area contributed by atoms with Gasteiger partial charge in [-0.2, -0.15) is 0 Å². The lowest BCUT2D eigenvalue weighted by molar-refractivity contribution is 0.296. The van der Waals surface area contributed by atoms with Crippen LogP contribution >= 0.6 is 11.6 Å². The average molecular weight is 339 g/mol. The monoisotopic (exact) mass is 338 g/mol. The maximum Gasteiger partial charge on any atom is 0.000525 e. The first-order valence-corrected chi connectivity index (χ1v) is 9.61. The molecule has 0 atom stereocenters. The number of rotatable bonds is 5. The lowest BCUT2D eigenvalue weighted by Gasteiger charge is -2.26. The van der Waals surface area contributed by atoms with E-state index in [4.69, 9.17) is 11.6 Å². The van der Waals surface area contributed by atoms with Crippen LogP contribution in [0.4, 0.5) is 0 Å². The van der Waals surface area contributed by atoms with E-state index in [1.54, 1.807) is 5.54 Å². The second-order valence-electron chi connectivity index (χ2n) is 7.20. The molecule has 0 radical (unpaired) electrons. The van der Waals surface area contributed by atoms with E-state index in [-0.39, 0.29) is 0 Å². The molecule has 0 nitrogen and oxygen atoms in total. The Morgan fingerprint density at radius 1 is 0.875 bits per heavy atom. The molecular formula is C23H27Cl. The molecule has 24 heavy (non-hydrogen) atoms. The summed E-state index contributed by atoms with van der Waals surface area (Å²) in [6.07, 6.45) is 10.0. The molecule has 0 unspecified atom stereocenters. The van der Waals surface area contributed by atoms with Crippen molar-refractivity contribution in [2.75, 3.05) is 0 Å². The molecule has 3 rings (SSSR count). The van der Waals surface area contributed by atoms with E-state index in [0.29, 0.717) is 5.92 Å². The van der Waals surface area contributed by atoms with Crippen molar-refractivity contribution in [1.82, 2.24) is 0 Å². The highest BCUT2D eigenvalue weighted by Gasteiger charge is 2.19. The van der Waals surface area contributed by atoms with Crippen molar-refractivity contribution in [3.05, 3.63) is 71.3 Å². The fourth-order valence-corrected chi connectivity index (χ4v) is 3.96. The molecule has 0 N–H and O–H groups in total. The van der Waals surface area contributed by atoms with Crippen molar-refractivity contribution in [1.29, 1.82) is 0 Å². The van der Waals surface area contributed by atoms with Crippen LogP contribution in [0.25, 0.3) is 11.1 Å². The summed E-state index contributed by atoms with van der Waals surface area (Å²) in [6.45, 7) is 2.13. The first-order chi connectivity index (χ1) is 11.7. The van der Waals surface area contributed by atoms with Crippen LogP contribution in [0.2, 0.25) is 0 Å². The zero-order valence-electron chi connectivity index (χ0n) is 14.5. The Morgan fingerprint density at radius 2 is 1.46 bits per heavy atom. The molecule has 0 spiro atoms. The molecule has 1 aliphatic carbocycles. The molecule has 0 amide bonds. The fourth-order valence-electron chi connectivity index (χ4n) is 3.75. The second kappa shape index (κ2) is 8.53. The molecule has 126 valence electrons. The van der Waals surface area contributed by atoms with E-state index >= 15 is 0 Å². The quantitative estimate of drug-likeness (QED) is 0.542. The smallest absolute Gasteiger partial charge is 0.000525 e. The maximum absolute atomic E-state index is 5.70. The maximum atomic E-state index is 5.70. The van der Waals surface area contributed by atoms with E-state index in [9.17, 15) is 0 Å². The molecule has 1 saturated carbocycles. The molecule has 0 saturated heterocycles. The SMILES string of the molecule is Cc1ccc(-c2ccc(CC[C@H]3CC[C@H](/C=C/Cl)CC3)cc2)cc1. The molecule has 0 aliphatic heterocycles. The Morgan fingerprint density at radius 3 is 2.04 bits per heavy atom. The lowest BCUT2D eigenvalue weighted by atomic mass is 9.79. The molecule has 2 aromatic carbocycles. The van der Waals surface area contributed by atoms with Crippen LogP contribution in [0.15, 0.2) is 60.1 Å². The standard InChI is InChI=1S/C23H27Cl/c1-18-2-12-22(13-3-18)23-14-10-20(11-15-23)5-4-19-6-8-21(9-7-19)16-17-24/h2-3,10-17,19,21H,4-9H2,1H3/b17-16+/t19-,21-. The van der Waals surface area contributed by atoms with Gasteiger partial charge in [-0.15, -0.1) is 0 Å². The summed E-state index contributed by atoms with van der Waals surface area (Å²) in [5.74, 6) is 1.61. The highest BCUT2D eigenvalue weighted by molar-refractivity contribution is 6.25. The Bertz CT molecular complexity index is 643. The summed E-state index contributed by atoms with van der Waals surface area (Å²) in [5, 5.41) is 0. The van der Waals surface area contributed by atoms with Gasteiger partial charge in [0, 0.05) is 5.54 Å². The minimum absolute atomic E-state index is 0.715. The van der Waals surface area contributed by atoms with Crippen molar-refractivity contribution in [3.8, 4) is 11.1 Å². The number of aryl methyl sites for hydroxylation is 2. The van der Waals surface area contributed by atoms with Crippen LogP contribution in [-0.4, -0.2) is 0 Å². The molecule has 2 aromatic rings. The average Bonchev–Trinajstić information content (AvgIpc) is 2.63. The van der Waals surface area contributed by atoms with Gasteiger partial charge < -0.3 is 0 Å². The van der Waals surface area contributed by atoms with Crippen LogP contribution in [0.5, 0.6) is 0 Å². The molecular weight excluding hydrogens is 312 g/mol. The molecule has 0 heterocycles. The van der Waals surface area contributed by atoms with Gasteiger partial charge in [0.05, 0.1) is 0 Å². The van der Waals surface area contributed by atoms with Gasteiger partial charge in [0.25, 0.3) is 0 Å². The van der Waals surface area contributed by atoms with Crippen molar-refractivity contribution in [2.24, 2.45) is 11.8 Å². The lowest BCUT2D eigenvalue weighted by Crippen LogP contribution is -2.13. The first-order valence-electron chi connectivity index (χ1n) is 9.17. The topological polar surface area (TPSA) is 0 Å². The van der Waals surface area contributed by atoms with Crippen molar-refractivity contribution in [3.63, 3.8) is 0 Å². The van der Waals surface area contributed by atoms with E-state index in [1.807, 2.05) is 0 Å². The Balaban J connectivity index is 1.51. The van der Waals surface area contributed by atoms with Gasteiger partial charge in [0.1, 0.15) is 0 Å². The number of hydrogen-bond acceptors (Lipinski definition) is 0. The molecule has 1 fully saturated rings. The highest BCUT2D eigenvalue weighted by Crippen LogP contribution is 2.32. The van der Waals surface area contributed by atoms with Crippen molar-refractivity contribution < 1.29 is 0 Å². The second-order valence-corrected chi connectivity index (χ2v) is 7.45. The van der Waals surface area contributed by atoms with Crippen molar-refractivity contribution in [2.45, 2.75) is 45.4 Å². The minimum atomic E-state index is 0.715. The largest absolute Gasteiger partial charge is 0.0933 e.